The van der Waals surface area contributed by atoms with Crippen molar-refractivity contribution in [1.29, 1.82) is 0 Å². The Kier molecular flexibility index (Phi) is 5.88. The zero-order valence-electron chi connectivity index (χ0n) is 11.5. The Balaban J connectivity index is 2.61. The van der Waals surface area contributed by atoms with Gasteiger partial charge in [0.25, 0.3) is 0 Å². The van der Waals surface area contributed by atoms with E-state index in [0.717, 1.165) is 19.3 Å². The van der Waals surface area contributed by atoms with Crippen molar-refractivity contribution < 1.29 is 30.0 Å². The molecule has 0 saturated carbocycles. The van der Waals surface area contributed by atoms with E-state index < -0.39 is 30.2 Å². The van der Waals surface area contributed by atoms with E-state index >= 15 is 0 Å². The van der Waals surface area contributed by atoms with Gasteiger partial charge in [-0.15, -0.1) is 0 Å². The first-order valence-electron chi connectivity index (χ1n) is 6.78. The number of Topliss-reactive ketones (excluding diaryl/α,β-unsaturated/α-hetero) is 1. The summed E-state index contributed by atoms with van der Waals surface area (Å²) in [5, 5.41) is 39.1. The molecule has 1 aliphatic heterocycles. The number of carbonyl (C=O) groups excluding carboxylic acids is 1. The SMILES string of the molecule is CCCCCC(=O)C[C@]1(O)O[C@@H](C)[C@@H](O)[C@@H](O)[C@@H]1O. The van der Waals surface area contributed by atoms with Gasteiger partial charge in [-0.05, 0) is 13.3 Å². The van der Waals surface area contributed by atoms with E-state index in [0.29, 0.717) is 6.42 Å². The second-order valence-electron chi connectivity index (χ2n) is 5.27. The Hall–Kier alpha value is -0.530. The van der Waals surface area contributed by atoms with Gasteiger partial charge >= 0.3 is 0 Å². The molecule has 19 heavy (non-hydrogen) atoms. The molecule has 0 aromatic carbocycles. The average molecular weight is 276 g/mol. The van der Waals surface area contributed by atoms with E-state index in [1.807, 2.05) is 6.92 Å². The second-order valence-corrected chi connectivity index (χ2v) is 5.27. The quantitative estimate of drug-likeness (QED) is 0.497. The highest BCUT2D eigenvalue weighted by Crippen LogP contribution is 2.31. The maximum absolute atomic E-state index is 11.7. The number of ether oxygens (including phenoxy) is 1. The smallest absolute Gasteiger partial charge is 0.202 e. The highest BCUT2D eigenvalue weighted by Gasteiger charge is 2.52. The van der Waals surface area contributed by atoms with Crippen LogP contribution in [-0.2, 0) is 9.53 Å². The molecule has 0 radical (unpaired) electrons. The molecule has 1 saturated heterocycles. The van der Waals surface area contributed by atoms with Crippen LogP contribution in [0.25, 0.3) is 0 Å². The summed E-state index contributed by atoms with van der Waals surface area (Å²) in [6.45, 7) is 3.48. The number of rotatable bonds is 6. The van der Waals surface area contributed by atoms with Gasteiger partial charge in [0.05, 0.1) is 12.5 Å². The van der Waals surface area contributed by atoms with Crippen LogP contribution in [-0.4, -0.2) is 56.4 Å². The first-order valence-corrected chi connectivity index (χ1v) is 6.78. The fraction of sp³-hybridized carbons (Fsp3) is 0.923. The first-order chi connectivity index (χ1) is 8.81. The molecule has 0 unspecified atom stereocenters. The van der Waals surface area contributed by atoms with Crippen LogP contribution >= 0.6 is 0 Å². The molecule has 1 aliphatic rings. The molecule has 0 bridgehead atoms. The van der Waals surface area contributed by atoms with Crippen LogP contribution in [0.5, 0.6) is 0 Å². The molecule has 6 heteroatoms. The number of carbonyl (C=O) groups is 1. The summed E-state index contributed by atoms with van der Waals surface area (Å²) in [5.74, 6) is -2.35. The van der Waals surface area contributed by atoms with Crippen molar-refractivity contribution >= 4 is 5.78 Å². The third kappa shape index (κ3) is 3.97. The number of hydrogen-bond acceptors (Lipinski definition) is 6. The molecule has 0 spiro atoms. The Morgan fingerprint density at radius 1 is 1.21 bits per heavy atom. The lowest BCUT2D eigenvalue weighted by molar-refractivity contribution is -0.341. The number of unbranched alkanes of at least 4 members (excludes halogenated alkanes) is 2. The number of aliphatic hydroxyl groups excluding tert-OH is 3. The minimum absolute atomic E-state index is 0.231. The summed E-state index contributed by atoms with van der Waals surface area (Å²) in [6, 6.07) is 0. The van der Waals surface area contributed by atoms with Crippen molar-refractivity contribution in [3.05, 3.63) is 0 Å². The first kappa shape index (κ1) is 16.5. The fourth-order valence-electron chi connectivity index (χ4n) is 2.28. The summed E-state index contributed by atoms with van der Waals surface area (Å²) < 4.78 is 5.12. The van der Waals surface area contributed by atoms with Crippen molar-refractivity contribution in [2.45, 2.75) is 76.2 Å². The third-order valence-corrected chi connectivity index (χ3v) is 3.52. The predicted octanol–water partition coefficient (Wildman–Crippen LogP) is -0.284. The summed E-state index contributed by atoms with van der Waals surface area (Å²) >= 11 is 0. The Labute approximate surface area is 113 Å². The minimum atomic E-state index is -2.12. The van der Waals surface area contributed by atoms with Gasteiger partial charge in [0, 0.05) is 6.42 Å². The summed E-state index contributed by atoms with van der Waals surface area (Å²) in [7, 11) is 0. The molecule has 0 amide bonds. The molecule has 0 aromatic rings. The van der Waals surface area contributed by atoms with Crippen LogP contribution in [0.15, 0.2) is 0 Å². The van der Waals surface area contributed by atoms with Crippen LogP contribution in [0, 0.1) is 0 Å². The van der Waals surface area contributed by atoms with Crippen molar-refractivity contribution in [3.8, 4) is 0 Å². The Morgan fingerprint density at radius 3 is 2.42 bits per heavy atom. The Bertz CT molecular complexity index is 308. The van der Waals surface area contributed by atoms with Crippen LogP contribution < -0.4 is 0 Å². The Morgan fingerprint density at radius 2 is 1.84 bits per heavy atom. The van der Waals surface area contributed by atoms with Gasteiger partial charge in [0.2, 0.25) is 5.79 Å². The van der Waals surface area contributed by atoms with Crippen LogP contribution in [0.1, 0.15) is 46.0 Å². The van der Waals surface area contributed by atoms with Crippen LogP contribution in [0.2, 0.25) is 0 Å². The van der Waals surface area contributed by atoms with Gasteiger partial charge in [-0.1, -0.05) is 19.8 Å². The maximum atomic E-state index is 11.7. The van der Waals surface area contributed by atoms with Crippen molar-refractivity contribution in [2.75, 3.05) is 0 Å². The number of hydrogen-bond donors (Lipinski definition) is 4. The molecular weight excluding hydrogens is 252 g/mol. The molecule has 6 nitrogen and oxygen atoms in total. The maximum Gasteiger partial charge on any atom is 0.202 e. The minimum Gasteiger partial charge on any atom is -0.388 e. The van der Waals surface area contributed by atoms with E-state index in [4.69, 9.17) is 4.74 Å². The molecule has 1 heterocycles. The molecule has 0 aromatic heterocycles. The summed E-state index contributed by atoms with van der Waals surface area (Å²) in [5.41, 5.74) is 0. The third-order valence-electron chi connectivity index (χ3n) is 3.52. The van der Waals surface area contributed by atoms with Crippen molar-refractivity contribution in [2.24, 2.45) is 0 Å². The normalized spacial score (nSPS) is 39.3. The van der Waals surface area contributed by atoms with E-state index in [1.54, 1.807) is 0 Å². The summed E-state index contributed by atoms with van der Waals surface area (Å²) in [6.07, 6.45) is -2.82. The number of aliphatic hydroxyl groups is 4. The second kappa shape index (κ2) is 6.76. The van der Waals surface area contributed by atoms with Crippen LogP contribution in [0.4, 0.5) is 0 Å². The lowest BCUT2D eigenvalue weighted by Crippen LogP contribution is -2.64. The average Bonchev–Trinajstić information content (AvgIpc) is 2.34. The topological polar surface area (TPSA) is 107 Å². The van der Waals surface area contributed by atoms with Gasteiger partial charge in [-0.25, -0.2) is 0 Å². The highest BCUT2D eigenvalue weighted by molar-refractivity contribution is 5.79. The monoisotopic (exact) mass is 276 g/mol. The molecular formula is C13H24O6. The largest absolute Gasteiger partial charge is 0.388 e. The molecule has 1 fully saturated rings. The van der Waals surface area contributed by atoms with Gasteiger partial charge in [0.15, 0.2) is 0 Å². The summed E-state index contributed by atoms with van der Waals surface area (Å²) in [4.78, 5) is 11.7. The van der Waals surface area contributed by atoms with E-state index in [2.05, 4.69) is 0 Å². The zero-order chi connectivity index (χ0) is 14.6. The van der Waals surface area contributed by atoms with E-state index in [9.17, 15) is 25.2 Å². The molecule has 0 aliphatic carbocycles. The lowest BCUT2D eigenvalue weighted by Gasteiger charge is -2.44. The fourth-order valence-corrected chi connectivity index (χ4v) is 2.28. The van der Waals surface area contributed by atoms with Crippen LogP contribution in [0.3, 0.4) is 0 Å². The van der Waals surface area contributed by atoms with E-state index in [-0.39, 0.29) is 12.2 Å². The highest BCUT2D eigenvalue weighted by atomic mass is 16.7. The number of ketones is 1. The molecule has 112 valence electrons. The molecule has 5 atom stereocenters. The van der Waals surface area contributed by atoms with Gasteiger partial charge in [-0.2, -0.15) is 0 Å². The van der Waals surface area contributed by atoms with Gasteiger partial charge < -0.3 is 25.2 Å². The van der Waals surface area contributed by atoms with Gasteiger partial charge in [-0.3, -0.25) is 4.79 Å². The molecule has 1 rings (SSSR count). The standard InChI is InChI=1S/C13H24O6/c1-3-4-5-6-9(14)7-13(18)12(17)11(16)10(15)8(2)19-13/h8,10-12,15-18H,3-7H2,1-2H3/t8-,10+,11+,12-,13-/m0/s1. The van der Waals surface area contributed by atoms with Gasteiger partial charge in [0.1, 0.15) is 24.1 Å². The van der Waals surface area contributed by atoms with Crippen molar-refractivity contribution in [1.82, 2.24) is 0 Å². The zero-order valence-corrected chi connectivity index (χ0v) is 11.5. The van der Waals surface area contributed by atoms with E-state index in [1.165, 1.54) is 6.92 Å². The lowest BCUT2D eigenvalue weighted by atomic mass is 9.89. The van der Waals surface area contributed by atoms with Crippen molar-refractivity contribution in [3.63, 3.8) is 0 Å². The molecule has 4 N–H and O–H groups in total. The predicted molar refractivity (Wildman–Crippen MR) is 67.3 cm³/mol.